The number of Topliss-reactive ketones (excluding diaryl/α,β-unsaturated/α-hetero) is 1. The number of hydrogen-bond acceptors (Lipinski definition) is 4. The molecule has 0 aliphatic heterocycles. The van der Waals surface area contributed by atoms with Crippen molar-refractivity contribution < 1.29 is 9.53 Å². The normalized spacial score (nSPS) is 10.3. The van der Waals surface area contributed by atoms with Gasteiger partial charge in [-0.15, -0.1) is 0 Å². The van der Waals surface area contributed by atoms with Crippen LogP contribution < -0.4 is 4.74 Å². The third-order valence-corrected chi connectivity index (χ3v) is 2.43. The van der Waals surface area contributed by atoms with Crippen LogP contribution in [0.5, 0.6) is 11.6 Å². The van der Waals surface area contributed by atoms with Crippen molar-refractivity contribution in [3.05, 3.63) is 36.3 Å². The van der Waals surface area contributed by atoms with Crippen LogP contribution in [0.2, 0.25) is 0 Å². The second-order valence-corrected chi connectivity index (χ2v) is 3.98. The topological polar surface area (TPSA) is 57.0 Å². The maximum Gasteiger partial charge on any atom is 0.219 e. The van der Waals surface area contributed by atoms with Crippen molar-refractivity contribution in [3.8, 4) is 11.6 Å². The molecule has 0 bridgehead atoms. The van der Waals surface area contributed by atoms with Gasteiger partial charge in [-0.2, -0.15) is 5.10 Å². The highest BCUT2D eigenvalue weighted by Crippen LogP contribution is 2.18. The number of ether oxygens (including phenoxy) is 1. The molecule has 0 saturated heterocycles. The standard InChI is InChI=1S/C13H15N3O2/c1-3-6-16-9-12(8-15-16)18-13-5-4-11(7-14-13)10(2)17/h4-5,7-9H,3,6H2,1-2H3. The van der Waals surface area contributed by atoms with Crippen LogP contribution in [-0.2, 0) is 6.54 Å². The first-order valence-corrected chi connectivity index (χ1v) is 5.86. The first-order chi connectivity index (χ1) is 8.69. The Morgan fingerprint density at radius 3 is 2.83 bits per heavy atom. The van der Waals surface area contributed by atoms with E-state index in [0.717, 1.165) is 13.0 Å². The molecule has 5 heteroatoms. The van der Waals surface area contributed by atoms with E-state index in [2.05, 4.69) is 17.0 Å². The number of nitrogens with zero attached hydrogens (tertiary/aromatic N) is 3. The van der Waals surface area contributed by atoms with Crippen LogP contribution in [0, 0.1) is 0 Å². The summed E-state index contributed by atoms with van der Waals surface area (Å²) in [6.45, 7) is 4.45. The minimum Gasteiger partial charge on any atom is -0.436 e. The second-order valence-electron chi connectivity index (χ2n) is 3.98. The Morgan fingerprint density at radius 2 is 2.22 bits per heavy atom. The van der Waals surface area contributed by atoms with Gasteiger partial charge in [0.25, 0.3) is 0 Å². The van der Waals surface area contributed by atoms with Gasteiger partial charge < -0.3 is 4.74 Å². The molecule has 0 aliphatic rings. The predicted octanol–water partition coefficient (Wildman–Crippen LogP) is 2.68. The summed E-state index contributed by atoms with van der Waals surface area (Å²) in [5.74, 6) is 1.09. The van der Waals surface area contributed by atoms with E-state index in [1.54, 1.807) is 18.3 Å². The number of carbonyl (C=O) groups is 1. The first-order valence-electron chi connectivity index (χ1n) is 5.86. The summed E-state index contributed by atoms with van der Waals surface area (Å²) in [6, 6.07) is 3.37. The zero-order valence-corrected chi connectivity index (χ0v) is 10.5. The Balaban J connectivity index is 2.06. The Bertz CT molecular complexity index is 531. The van der Waals surface area contributed by atoms with Gasteiger partial charge in [-0.25, -0.2) is 4.98 Å². The molecule has 0 saturated carbocycles. The summed E-state index contributed by atoms with van der Waals surface area (Å²) in [6.07, 6.45) is 6.00. The molecule has 2 heterocycles. The second kappa shape index (κ2) is 5.44. The van der Waals surface area contributed by atoms with Crippen LogP contribution in [0.25, 0.3) is 0 Å². The minimum absolute atomic E-state index is 0.00943. The average Bonchev–Trinajstić information content (AvgIpc) is 2.78. The van der Waals surface area contributed by atoms with Gasteiger partial charge in [0, 0.05) is 24.4 Å². The molecule has 0 unspecified atom stereocenters. The van der Waals surface area contributed by atoms with Crippen molar-refractivity contribution in [2.24, 2.45) is 0 Å². The first kappa shape index (κ1) is 12.3. The molecule has 0 aromatic carbocycles. The highest BCUT2D eigenvalue weighted by Gasteiger charge is 2.04. The van der Waals surface area contributed by atoms with E-state index in [1.165, 1.54) is 13.1 Å². The third-order valence-electron chi connectivity index (χ3n) is 2.43. The summed E-state index contributed by atoms with van der Waals surface area (Å²) in [4.78, 5) is 15.2. The predicted molar refractivity (Wildman–Crippen MR) is 66.8 cm³/mol. The lowest BCUT2D eigenvalue weighted by Crippen LogP contribution is -1.96. The van der Waals surface area contributed by atoms with E-state index < -0.39 is 0 Å². The van der Waals surface area contributed by atoms with E-state index in [9.17, 15) is 4.79 Å². The summed E-state index contributed by atoms with van der Waals surface area (Å²) in [7, 11) is 0. The average molecular weight is 245 g/mol. The highest BCUT2D eigenvalue weighted by atomic mass is 16.5. The van der Waals surface area contributed by atoms with Crippen molar-refractivity contribution >= 4 is 5.78 Å². The Hall–Kier alpha value is -2.17. The Kier molecular flexibility index (Phi) is 3.72. The molecule has 0 N–H and O–H groups in total. The molecule has 5 nitrogen and oxygen atoms in total. The molecule has 2 aromatic heterocycles. The van der Waals surface area contributed by atoms with Gasteiger partial charge >= 0.3 is 0 Å². The van der Waals surface area contributed by atoms with Crippen molar-refractivity contribution in [2.75, 3.05) is 0 Å². The molecule has 0 fully saturated rings. The lowest BCUT2D eigenvalue weighted by molar-refractivity contribution is 0.101. The number of ketones is 1. The lowest BCUT2D eigenvalue weighted by atomic mass is 10.2. The SMILES string of the molecule is CCCn1cc(Oc2ccc(C(C)=O)cn2)cn1. The van der Waals surface area contributed by atoms with Crippen molar-refractivity contribution in [1.29, 1.82) is 0 Å². The fraction of sp³-hybridized carbons (Fsp3) is 0.308. The number of aromatic nitrogens is 3. The monoisotopic (exact) mass is 245 g/mol. The van der Waals surface area contributed by atoms with E-state index in [1.807, 2.05) is 10.9 Å². The number of rotatable bonds is 5. The molecule has 0 radical (unpaired) electrons. The molecule has 0 atom stereocenters. The van der Waals surface area contributed by atoms with Crippen LogP contribution in [0.15, 0.2) is 30.7 Å². The van der Waals surface area contributed by atoms with E-state index in [-0.39, 0.29) is 5.78 Å². The zero-order chi connectivity index (χ0) is 13.0. The molecular weight excluding hydrogens is 230 g/mol. The van der Waals surface area contributed by atoms with Gasteiger partial charge in [0.1, 0.15) is 0 Å². The third kappa shape index (κ3) is 2.94. The van der Waals surface area contributed by atoms with Crippen LogP contribution >= 0.6 is 0 Å². The van der Waals surface area contributed by atoms with Gasteiger partial charge in [0.05, 0.1) is 12.4 Å². The van der Waals surface area contributed by atoms with Crippen LogP contribution in [-0.4, -0.2) is 20.5 Å². The summed E-state index contributed by atoms with van der Waals surface area (Å²) >= 11 is 0. The van der Waals surface area contributed by atoms with Gasteiger partial charge in [0.15, 0.2) is 11.5 Å². The molecule has 94 valence electrons. The number of carbonyl (C=O) groups excluding carboxylic acids is 1. The minimum atomic E-state index is -0.00943. The molecule has 2 rings (SSSR count). The molecule has 18 heavy (non-hydrogen) atoms. The highest BCUT2D eigenvalue weighted by molar-refractivity contribution is 5.93. The fourth-order valence-electron chi connectivity index (χ4n) is 1.52. The Morgan fingerprint density at radius 1 is 1.39 bits per heavy atom. The van der Waals surface area contributed by atoms with Gasteiger partial charge in [0.2, 0.25) is 5.88 Å². The van der Waals surface area contributed by atoms with Gasteiger partial charge in [-0.05, 0) is 19.4 Å². The van der Waals surface area contributed by atoms with E-state index in [0.29, 0.717) is 17.2 Å². The maximum absolute atomic E-state index is 11.1. The zero-order valence-electron chi connectivity index (χ0n) is 10.5. The van der Waals surface area contributed by atoms with E-state index in [4.69, 9.17) is 4.74 Å². The molecule has 0 aliphatic carbocycles. The summed E-state index contributed by atoms with van der Waals surface area (Å²) in [5, 5.41) is 4.16. The molecular formula is C13H15N3O2. The molecule has 0 amide bonds. The smallest absolute Gasteiger partial charge is 0.219 e. The van der Waals surface area contributed by atoms with Crippen molar-refractivity contribution in [2.45, 2.75) is 26.8 Å². The summed E-state index contributed by atoms with van der Waals surface area (Å²) in [5.41, 5.74) is 0.573. The van der Waals surface area contributed by atoms with Crippen LogP contribution in [0.4, 0.5) is 0 Å². The van der Waals surface area contributed by atoms with Crippen LogP contribution in [0.3, 0.4) is 0 Å². The van der Waals surface area contributed by atoms with Crippen molar-refractivity contribution in [3.63, 3.8) is 0 Å². The van der Waals surface area contributed by atoms with Crippen LogP contribution in [0.1, 0.15) is 30.6 Å². The Labute approximate surface area is 105 Å². The number of aryl methyl sites for hydroxylation is 1. The number of hydrogen-bond donors (Lipinski definition) is 0. The molecule has 2 aromatic rings. The number of pyridine rings is 1. The lowest BCUT2D eigenvalue weighted by Gasteiger charge is -2.01. The maximum atomic E-state index is 11.1. The largest absolute Gasteiger partial charge is 0.436 e. The van der Waals surface area contributed by atoms with Gasteiger partial charge in [-0.3, -0.25) is 9.48 Å². The van der Waals surface area contributed by atoms with Crippen molar-refractivity contribution in [1.82, 2.24) is 14.8 Å². The quantitative estimate of drug-likeness (QED) is 0.760. The van der Waals surface area contributed by atoms with E-state index >= 15 is 0 Å². The molecule has 0 spiro atoms. The van der Waals surface area contributed by atoms with Gasteiger partial charge in [-0.1, -0.05) is 6.92 Å². The fourth-order valence-corrected chi connectivity index (χ4v) is 1.52. The summed E-state index contributed by atoms with van der Waals surface area (Å²) < 4.78 is 7.35.